The van der Waals surface area contributed by atoms with Crippen LogP contribution in [0.5, 0.6) is 0 Å². The van der Waals surface area contributed by atoms with Crippen LogP contribution in [0.3, 0.4) is 0 Å². The molecule has 2 heteroatoms. The lowest BCUT2D eigenvalue weighted by molar-refractivity contribution is -0.147. The van der Waals surface area contributed by atoms with E-state index < -0.39 is 0 Å². The number of rotatable bonds is 13. The maximum absolute atomic E-state index is 10.9. The zero-order chi connectivity index (χ0) is 16.1. The molecule has 0 unspecified atom stereocenters. The zero-order valence-electron chi connectivity index (χ0n) is 14.7. The number of carbonyl (C=O) groups is 1. The molecule has 0 aromatic rings. The summed E-state index contributed by atoms with van der Waals surface area (Å²) in [5, 5.41) is 0. The fraction of sp³-hybridized carbons (Fsp3) is 0.842. The average Bonchev–Trinajstić information content (AvgIpc) is 2.41. The van der Waals surface area contributed by atoms with Gasteiger partial charge >= 0.3 is 5.97 Å². The van der Waals surface area contributed by atoms with E-state index in [0.717, 1.165) is 19.3 Å². The van der Waals surface area contributed by atoms with Crippen LogP contribution in [0.1, 0.15) is 91.9 Å². The van der Waals surface area contributed by atoms with E-state index in [-0.39, 0.29) is 12.1 Å². The molecule has 0 N–H and O–H groups in total. The van der Waals surface area contributed by atoms with Gasteiger partial charge in [0.05, 0.1) is 0 Å². The molecule has 0 amide bonds. The van der Waals surface area contributed by atoms with Crippen LogP contribution in [0.15, 0.2) is 12.2 Å². The number of allylic oxidation sites excluding steroid dienone is 1. The highest BCUT2D eigenvalue weighted by molar-refractivity contribution is 5.66. The molecule has 0 radical (unpaired) electrons. The van der Waals surface area contributed by atoms with Crippen molar-refractivity contribution in [2.45, 2.75) is 98.0 Å². The molecule has 21 heavy (non-hydrogen) atoms. The number of ether oxygens (including phenoxy) is 1. The molecular formula is C19H36O2. The van der Waals surface area contributed by atoms with Gasteiger partial charge in [-0.05, 0) is 44.9 Å². The summed E-state index contributed by atoms with van der Waals surface area (Å²) >= 11 is 0. The van der Waals surface area contributed by atoms with Gasteiger partial charge in [-0.2, -0.15) is 0 Å². The van der Waals surface area contributed by atoms with Gasteiger partial charge in [0.1, 0.15) is 6.10 Å². The standard InChI is InChI=1S/C19H36O2/c1-6-7-8-9-10-11-13-16(2)14-12-15-17(3)18(4)21-19(5)20/h17-18H,2,6-15H2,1,3-5H3/t17-,18-/m0/s1. The summed E-state index contributed by atoms with van der Waals surface area (Å²) in [6, 6.07) is 0. The lowest BCUT2D eigenvalue weighted by atomic mass is 9.96. The van der Waals surface area contributed by atoms with E-state index in [1.165, 1.54) is 57.4 Å². The second-order valence-corrected chi connectivity index (χ2v) is 6.45. The van der Waals surface area contributed by atoms with Crippen LogP contribution in [0.4, 0.5) is 0 Å². The SMILES string of the molecule is C=C(CCCCCCCC)CCC[C@H](C)[C@H](C)OC(C)=O. The van der Waals surface area contributed by atoms with Crippen LogP contribution in [0.25, 0.3) is 0 Å². The van der Waals surface area contributed by atoms with Gasteiger partial charge in [-0.3, -0.25) is 4.79 Å². The molecule has 0 aromatic heterocycles. The van der Waals surface area contributed by atoms with Crippen molar-refractivity contribution in [3.8, 4) is 0 Å². The monoisotopic (exact) mass is 296 g/mol. The molecule has 0 spiro atoms. The Bertz CT molecular complexity index is 283. The van der Waals surface area contributed by atoms with E-state index in [0.29, 0.717) is 5.92 Å². The zero-order valence-corrected chi connectivity index (χ0v) is 14.7. The number of hydrogen-bond acceptors (Lipinski definition) is 2. The molecule has 0 bridgehead atoms. The Hall–Kier alpha value is -0.790. The quantitative estimate of drug-likeness (QED) is 0.235. The first-order valence-electron chi connectivity index (χ1n) is 8.81. The Labute approximate surface area is 132 Å². The number of esters is 1. The first-order chi connectivity index (χ1) is 9.97. The van der Waals surface area contributed by atoms with Crippen molar-refractivity contribution in [2.75, 3.05) is 0 Å². The van der Waals surface area contributed by atoms with Gasteiger partial charge in [0.15, 0.2) is 0 Å². The van der Waals surface area contributed by atoms with E-state index in [1.807, 2.05) is 6.92 Å². The molecule has 0 saturated carbocycles. The van der Waals surface area contributed by atoms with Crippen molar-refractivity contribution in [3.63, 3.8) is 0 Å². The molecule has 0 rings (SSSR count). The molecule has 2 atom stereocenters. The van der Waals surface area contributed by atoms with Crippen LogP contribution in [0.2, 0.25) is 0 Å². The second-order valence-electron chi connectivity index (χ2n) is 6.45. The van der Waals surface area contributed by atoms with Crippen LogP contribution in [-0.4, -0.2) is 12.1 Å². The molecule has 0 aromatic carbocycles. The molecule has 0 aliphatic heterocycles. The second kappa shape index (κ2) is 12.9. The van der Waals surface area contributed by atoms with E-state index in [9.17, 15) is 4.79 Å². The minimum Gasteiger partial charge on any atom is -0.463 e. The van der Waals surface area contributed by atoms with Crippen molar-refractivity contribution >= 4 is 5.97 Å². The Morgan fingerprint density at radius 2 is 1.57 bits per heavy atom. The van der Waals surface area contributed by atoms with Gasteiger partial charge in [-0.15, -0.1) is 0 Å². The molecular weight excluding hydrogens is 260 g/mol. The Morgan fingerprint density at radius 1 is 1.00 bits per heavy atom. The predicted molar refractivity (Wildman–Crippen MR) is 91.4 cm³/mol. The lowest BCUT2D eigenvalue weighted by Crippen LogP contribution is -2.20. The molecule has 0 aliphatic rings. The van der Waals surface area contributed by atoms with Crippen LogP contribution < -0.4 is 0 Å². The molecule has 2 nitrogen and oxygen atoms in total. The number of hydrogen-bond donors (Lipinski definition) is 0. The van der Waals surface area contributed by atoms with Crippen molar-refractivity contribution in [1.82, 2.24) is 0 Å². The van der Waals surface area contributed by atoms with Crippen molar-refractivity contribution < 1.29 is 9.53 Å². The Morgan fingerprint density at radius 3 is 2.19 bits per heavy atom. The van der Waals surface area contributed by atoms with Crippen LogP contribution in [-0.2, 0) is 9.53 Å². The minimum atomic E-state index is -0.179. The number of carbonyl (C=O) groups excluding carboxylic acids is 1. The van der Waals surface area contributed by atoms with Crippen molar-refractivity contribution in [3.05, 3.63) is 12.2 Å². The molecule has 0 aliphatic carbocycles. The molecule has 0 fully saturated rings. The summed E-state index contributed by atoms with van der Waals surface area (Å²) in [5.41, 5.74) is 1.39. The van der Waals surface area contributed by atoms with E-state index in [1.54, 1.807) is 0 Å². The van der Waals surface area contributed by atoms with Crippen molar-refractivity contribution in [2.24, 2.45) is 5.92 Å². The van der Waals surface area contributed by atoms with Gasteiger partial charge < -0.3 is 4.74 Å². The third kappa shape index (κ3) is 12.6. The maximum atomic E-state index is 10.9. The Kier molecular flexibility index (Phi) is 12.4. The van der Waals surface area contributed by atoms with Crippen LogP contribution in [0, 0.1) is 5.92 Å². The highest BCUT2D eigenvalue weighted by Crippen LogP contribution is 2.19. The maximum Gasteiger partial charge on any atom is 0.302 e. The van der Waals surface area contributed by atoms with Crippen molar-refractivity contribution in [1.29, 1.82) is 0 Å². The molecule has 124 valence electrons. The highest BCUT2D eigenvalue weighted by Gasteiger charge is 2.14. The van der Waals surface area contributed by atoms with Crippen LogP contribution >= 0.6 is 0 Å². The Balaban J connectivity index is 3.54. The average molecular weight is 296 g/mol. The van der Waals surface area contributed by atoms with Gasteiger partial charge in [0.25, 0.3) is 0 Å². The first kappa shape index (κ1) is 20.2. The highest BCUT2D eigenvalue weighted by atomic mass is 16.5. The van der Waals surface area contributed by atoms with E-state index in [4.69, 9.17) is 4.74 Å². The van der Waals surface area contributed by atoms with Gasteiger partial charge in [-0.1, -0.05) is 58.1 Å². The minimum absolute atomic E-state index is 0.0225. The third-order valence-electron chi connectivity index (χ3n) is 4.23. The molecule has 0 saturated heterocycles. The summed E-state index contributed by atoms with van der Waals surface area (Å²) in [4.78, 5) is 10.9. The molecule has 0 heterocycles. The topological polar surface area (TPSA) is 26.3 Å². The van der Waals surface area contributed by atoms with E-state index >= 15 is 0 Å². The fourth-order valence-electron chi connectivity index (χ4n) is 2.57. The predicted octanol–water partition coefficient (Wildman–Crippen LogP) is 6.05. The van der Waals surface area contributed by atoms with Gasteiger partial charge in [-0.25, -0.2) is 0 Å². The summed E-state index contributed by atoms with van der Waals surface area (Å²) in [6.45, 7) is 12.1. The fourth-order valence-corrected chi connectivity index (χ4v) is 2.57. The van der Waals surface area contributed by atoms with Gasteiger partial charge in [0.2, 0.25) is 0 Å². The summed E-state index contributed by atoms with van der Waals surface area (Å²) in [6.07, 6.45) is 12.7. The normalized spacial score (nSPS) is 13.7. The summed E-state index contributed by atoms with van der Waals surface area (Å²) in [5.74, 6) is 0.248. The third-order valence-corrected chi connectivity index (χ3v) is 4.23. The lowest BCUT2D eigenvalue weighted by Gasteiger charge is -2.19. The first-order valence-corrected chi connectivity index (χ1v) is 8.81. The van der Waals surface area contributed by atoms with Gasteiger partial charge in [0, 0.05) is 6.92 Å². The summed E-state index contributed by atoms with van der Waals surface area (Å²) < 4.78 is 5.22. The van der Waals surface area contributed by atoms with E-state index in [2.05, 4.69) is 20.4 Å². The smallest absolute Gasteiger partial charge is 0.302 e. The number of unbranched alkanes of at least 4 members (excludes halogenated alkanes) is 5. The largest absolute Gasteiger partial charge is 0.463 e. The summed E-state index contributed by atoms with van der Waals surface area (Å²) in [7, 11) is 0.